The van der Waals surface area contributed by atoms with E-state index < -0.39 is 11.9 Å². The number of amides is 2. The Kier molecular flexibility index (Phi) is 8.96. The maximum atomic E-state index is 11.9. The fraction of sp³-hybridized carbons (Fsp3) is 0.643. The Bertz CT molecular complexity index is 412. The van der Waals surface area contributed by atoms with Crippen molar-refractivity contribution in [3.8, 4) is 0 Å². The molecule has 2 N–H and O–H groups in total. The van der Waals surface area contributed by atoms with Crippen LogP contribution in [0, 0.1) is 0 Å². The first kappa shape index (κ1) is 19.7. The van der Waals surface area contributed by atoms with Crippen LogP contribution < -0.4 is 5.32 Å². The Morgan fingerprint density at radius 1 is 1.33 bits per heavy atom. The van der Waals surface area contributed by atoms with E-state index in [2.05, 4.69) is 11.9 Å². The van der Waals surface area contributed by atoms with Gasteiger partial charge in [-0.05, 0) is 25.8 Å². The summed E-state index contributed by atoms with van der Waals surface area (Å²) in [6, 6.07) is -0.619. The van der Waals surface area contributed by atoms with E-state index >= 15 is 0 Å². The highest BCUT2D eigenvalue weighted by Crippen LogP contribution is 2.18. The molecule has 0 aromatic carbocycles. The molecular weight excluding hydrogens is 292 g/mol. The van der Waals surface area contributed by atoms with E-state index in [9.17, 15) is 19.6 Å². The molecule has 0 aromatic heterocycles. The number of hydroxylamine groups is 2. The van der Waals surface area contributed by atoms with Gasteiger partial charge in [0.25, 0.3) is 0 Å². The summed E-state index contributed by atoms with van der Waals surface area (Å²) in [5.41, 5.74) is 0.432. The minimum Gasteiger partial charge on any atom is -0.344 e. The van der Waals surface area contributed by atoms with Crippen molar-refractivity contribution in [1.82, 2.24) is 10.4 Å². The summed E-state index contributed by atoms with van der Waals surface area (Å²) < 4.78 is 0. The molecule has 2 unspecified atom stereocenters. The van der Waals surface area contributed by atoms with Crippen molar-refractivity contribution in [2.75, 3.05) is 0 Å². The van der Waals surface area contributed by atoms with Gasteiger partial charge in [-0.1, -0.05) is 31.7 Å². The van der Waals surface area contributed by atoms with Crippen molar-refractivity contribution in [2.24, 2.45) is 0 Å². The largest absolute Gasteiger partial charge is 0.344 e. The molecule has 0 saturated heterocycles. The van der Waals surface area contributed by atoms with E-state index in [0.717, 1.165) is 18.2 Å². The molecule has 0 rings (SSSR count). The number of carbonyl (C=O) groups is 3. The first-order valence-corrected chi connectivity index (χ1v) is 7.71. The van der Waals surface area contributed by atoms with Crippen molar-refractivity contribution in [1.29, 1.82) is 0 Å². The highest BCUT2D eigenvalue weighted by molar-refractivity contribution is 8.14. The molecule has 0 aliphatic rings. The van der Waals surface area contributed by atoms with Gasteiger partial charge in [0.05, 0.1) is 11.4 Å². The Labute approximate surface area is 129 Å². The molecule has 0 heterocycles. The first-order chi connectivity index (χ1) is 9.68. The van der Waals surface area contributed by atoms with Crippen LogP contribution in [0.4, 0.5) is 0 Å². The van der Waals surface area contributed by atoms with Crippen LogP contribution in [-0.4, -0.2) is 38.6 Å². The SMILES string of the molecule is C=C(C)C(=O)SC(CCC)NC(=O)CC(C)N(O)C(C)=O. The summed E-state index contributed by atoms with van der Waals surface area (Å²) in [5, 5.41) is 12.2. The molecule has 0 saturated carbocycles. The van der Waals surface area contributed by atoms with Crippen molar-refractivity contribution in [3.63, 3.8) is 0 Å². The topological polar surface area (TPSA) is 86.7 Å². The third-order valence-corrected chi connectivity index (χ3v) is 3.89. The van der Waals surface area contributed by atoms with Gasteiger partial charge >= 0.3 is 0 Å². The van der Waals surface area contributed by atoms with Gasteiger partial charge in [0.2, 0.25) is 16.9 Å². The molecule has 7 heteroatoms. The Morgan fingerprint density at radius 2 is 1.90 bits per heavy atom. The Morgan fingerprint density at radius 3 is 2.33 bits per heavy atom. The predicted octanol–water partition coefficient (Wildman–Crippen LogP) is 2.08. The van der Waals surface area contributed by atoms with Crippen LogP contribution in [0.2, 0.25) is 0 Å². The molecule has 0 aliphatic carbocycles. The zero-order valence-corrected chi connectivity index (χ0v) is 13.8. The normalized spacial score (nSPS) is 13.2. The molecule has 0 spiro atoms. The molecule has 0 radical (unpaired) electrons. The zero-order valence-electron chi connectivity index (χ0n) is 13.0. The summed E-state index contributed by atoms with van der Waals surface area (Å²) in [5.74, 6) is -0.837. The number of nitrogens with zero attached hydrogens (tertiary/aromatic N) is 1. The van der Waals surface area contributed by atoms with Gasteiger partial charge in [0.1, 0.15) is 0 Å². The van der Waals surface area contributed by atoms with Crippen LogP contribution in [0.25, 0.3) is 0 Å². The van der Waals surface area contributed by atoms with E-state index in [-0.39, 0.29) is 22.8 Å². The number of hydrogen-bond acceptors (Lipinski definition) is 5. The standard InChI is InChI=1S/C14H24N2O4S/c1-6-7-13(21-14(19)9(2)3)15-12(18)8-10(4)16(20)11(5)17/h10,13,20H,2,6-8H2,1,3-5H3,(H,15,18). The number of thioether (sulfide) groups is 1. The first-order valence-electron chi connectivity index (χ1n) is 6.83. The van der Waals surface area contributed by atoms with Gasteiger partial charge in [-0.25, -0.2) is 5.06 Å². The van der Waals surface area contributed by atoms with Crippen molar-refractivity contribution in [2.45, 2.75) is 58.4 Å². The van der Waals surface area contributed by atoms with E-state index in [0.29, 0.717) is 17.1 Å². The summed E-state index contributed by atoms with van der Waals surface area (Å²) in [7, 11) is 0. The molecule has 0 aliphatic heterocycles. The second kappa shape index (κ2) is 9.57. The molecule has 0 bridgehead atoms. The van der Waals surface area contributed by atoms with Crippen LogP contribution in [0.1, 0.15) is 47.0 Å². The zero-order chi connectivity index (χ0) is 16.6. The fourth-order valence-corrected chi connectivity index (χ4v) is 2.56. The Hall–Kier alpha value is -1.34. The van der Waals surface area contributed by atoms with Crippen LogP contribution in [-0.2, 0) is 14.4 Å². The summed E-state index contributed by atoms with van der Waals surface area (Å²) in [6.07, 6.45) is 1.44. The highest BCUT2D eigenvalue weighted by atomic mass is 32.2. The molecule has 0 aromatic rings. The maximum Gasteiger partial charge on any atom is 0.243 e. The average molecular weight is 316 g/mol. The van der Waals surface area contributed by atoms with E-state index in [1.54, 1.807) is 13.8 Å². The molecule has 6 nitrogen and oxygen atoms in total. The van der Waals surface area contributed by atoms with Gasteiger partial charge in [-0.2, -0.15) is 0 Å². The summed E-state index contributed by atoms with van der Waals surface area (Å²) in [4.78, 5) is 34.6. The molecule has 0 fully saturated rings. The minimum atomic E-state index is -0.619. The second-order valence-electron chi connectivity index (χ2n) is 4.95. The van der Waals surface area contributed by atoms with Crippen LogP contribution in [0.3, 0.4) is 0 Å². The van der Waals surface area contributed by atoms with E-state index in [1.807, 2.05) is 6.92 Å². The predicted molar refractivity (Wildman–Crippen MR) is 82.6 cm³/mol. The lowest BCUT2D eigenvalue weighted by Gasteiger charge is -2.22. The van der Waals surface area contributed by atoms with Gasteiger partial charge in [0, 0.05) is 13.3 Å². The number of carbonyl (C=O) groups excluding carboxylic acids is 3. The van der Waals surface area contributed by atoms with Crippen molar-refractivity contribution in [3.05, 3.63) is 12.2 Å². The number of hydrogen-bond donors (Lipinski definition) is 2. The van der Waals surface area contributed by atoms with Gasteiger partial charge in [0.15, 0.2) is 0 Å². The monoisotopic (exact) mass is 316 g/mol. The highest BCUT2D eigenvalue weighted by Gasteiger charge is 2.21. The molecule has 2 atom stereocenters. The summed E-state index contributed by atoms with van der Waals surface area (Å²) in [6.45, 7) is 9.95. The fourth-order valence-electron chi connectivity index (χ4n) is 1.56. The lowest BCUT2D eigenvalue weighted by Crippen LogP contribution is -2.40. The van der Waals surface area contributed by atoms with Crippen LogP contribution in [0.15, 0.2) is 12.2 Å². The van der Waals surface area contributed by atoms with E-state index in [4.69, 9.17) is 0 Å². The molecular formula is C14H24N2O4S. The number of nitrogens with one attached hydrogen (secondary N) is 1. The van der Waals surface area contributed by atoms with E-state index in [1.165, 1.54) is 6.92 Å². The van der Waals surface area contributed by atoms with Crippen molar-refractivity contribution < 1.29 is 19.6 Å². The second-order valence-corrected chi connectivity index (χ2v) is 6.12. The average Bonchev–Trinajstić information content (AvgIpc) is 2.37. The smallest absolute Gasteiger partial charge is 0.243 e. The van der Waals surface area contributed by atoms with Gasteiger partial charge in [-0.3, -0.25) is 19.6 Å². The molecule has 2 amide bonds. The third kappa shape index (κ3) is 7.87. The van der Waals surface area contributed by atoms with Gasteiger partial charge < -0.3 is 5.32 Å². The maximum absolute atomic E-state index is 11.9. The lowest BCUT2D eigenvalue weighted by atomic mass is 10.2. The molecule has 21 heavy (non-hydrogen) atoms. The van der Waals surface area contributed by atoms with Crippen LogP contribution in [0.5, 0.6) is 0 Å². The van der Waals surface area contributed by atoms with Crippen molar-refractivity contribution >= 4 is 28.7 Å². The van der Waals surface area contributed by atoms with Crippen LogP contribution >= 0.6 is 11.8 Å². The number of rotatable bonds is 8. The molecule has 120 valence electrons. The quantitative estimate of drug-likeness (QED) is 0.310. The lowest BCUT2D eigenvalue weighted by molar-refractivity contribution is -0.172. The summed E-state index contributed by atoms with van der Waals surface area (Å²) >= 11 is 1.03. The van der Waals surface area contributed by atoms with Gasteiger partial charge in [-0.15, -0.1) is 0 Å². The Balaban J connectivity index is 4.50. The third-order valence-electron chi connectivity index (χ3n) is 2.69. The minimum absolute atomic E-state index is 0.0296.